The fourth-order valence-electron chi connectivity index (χ4n) is 2.35. The molecule has 78 valence electrons. The van der Waals surface area contributed by atoms with Crippen molar-refractivity contribution in [2.24, 2.45) is 5.92 Å². The number of rotatable bonds is 1. The van der Waals surface area contributed by atoms with Gasteiger partial charge in [-0.1, -0.05) is 6.92 Å². The molecule has 0 aromatic carbocycles. The van der Waals surface area contributed by atoms with Crippen LogP contribution < -0.4 is 4.90 Å². The van der Waals surface area contributed by atoms with Gasteiger partial charge in [-0.2, -0.15) is 5.26 Å². The van der Waals surface area contributed by atoms with Crippen LogP contribution in [0.1, 0.15) is 26.0 Å². The molecule has 0 radical (unpaired) electrons. The third-order valence-corrected chi connectivity index (χ3v) is 2.99. The van der Waals surface area contributed by atoms with Crippen LogP contribution in [0.3, 0.4) is 0 Å². The summed E-state index contributed by atoms with van der Waals surface area (Å²) in [6, 6.07) is 6.55. The minimum atomic E-state index is 0.510. The number of hydrogen-bond donors (Lipinski definition) is 0. The number of anilines is 1. The van der Waals surface area contributed by atoms with Crippen LogP contribution in [0.2, 0.25) is 0 Å². The Morgan fingerprint density at radius 3 is 2.93 bits per heavy atom. The van der Waals surface area contributed by atoms with Crippen molar-refractivity contribution in [2.75, 3.05) is 11.4 Å². The maximum Gasteiger partial charge on any atom is 0.163 e. The monoisotopic (exact) mass is 201 g/mol. The number of aromatic nitrogens is 1. The molecule has 1 aliphatic heterocycles. The lowest BCUT2D eigenvalue weighted by atomic mass is 10.1. The van der Waals surface area contributed by atoms with Crippen LogP contribution in [-0.4, -0.2) is 17.6 Å². The second kappa shape index (κ2) is 3.90. The zero-order valence-corrected chi connectivity index (χ0v) is 9.14. The van der Waals surface area contributed by atoms with Crippen LogP contribution in [-0.2, 0) is 0 Å². The second-order valence-electron chi connectivity index (χ2n) is 4.33. The molecular formula is C12H15N3. The van der Waals surface area contributed by atoms with Gasteiger partial charge in [0.05, 0.1) is 5.69 Å². The summed E-state index contributed by atoms with van der Waals surface area (Å²) >= 11 is 0. The van der Waals surface area contributed by atoms with Crippen LogP contribution in [0.5, 0.6) is 0 Å². The van der Waals surface area contributed by atoms with E-state index in [1.807, 2.05) is 12.1 Å². The Bertz CT molecular complexity index is 394. The van der Waals surface area contributed by atoms with Crippen molar-refractivity contribution < 1.29 is 0 Å². The molecule has 1 saturated heterocycles. The smallest absolute Gasteiger partial charge is 0.163 e. The molecule has 1 aromatic rings. The van der Waals surface area contributed by atoms with E-state index in [0.29, 0.717) is 17.7 Å². The predicted octanol–water partition coefficient (Wildman–Crippen LogP) is 2.19. The average Bonchev–Trinajstić information content (AvgIpc) is 2.57. The minimum Gasteiger partial charge on any atom is -0.366 e. The lowest BCUT2D eigenvalue weighted by molar-refractivity contribution is 0.625. The fraction of sp³-hybridized carbons (Fsp3) is 0.500. The summed E-state index contributed by atoms with van der Waals surface area (Å²) in [6.07, 6.45) is 2.87. The first kappa shape index (κ1) is 9.97. The van der Waals surface area contributed by atoms with Crippen LogP contribution in [0.25, 0.3) is 0 Å². The molecule has 0 spiro atoms. The van der Waals surface area contributed by atoms with E-state index in [4.69, 9.17) is 5.26 Å². The number of nitrogens with zero attached hydrogens (tertiary/aromatic N) is 3. The first-order valence-corrected chi connectivity index (χ1v) is 5.34. The van der Waals surface area contributed by atoms with Crippen molar-refractivity contribution in [1.82, 2.24) is 4.98 Å². The van der Waals surface area contributed by atoms with Gasteiger partial charge in [0.2, 0.25) is 0 Å². The molecule has 2 rings (SSSR count). The zero-order chi connectivity index (χ0) is 10.8. The summed E-state index contributed by atoms with van der Waals surface area (Å²) in [5, 5.41) is 8.99. The van der Waals surface area contributed by atoms with Gasteiger partial charge in [0.1, 0.15) is 6.07 Å². The van der Waals surface area contributed by atoms with E-state index in [9.17, 15) is 0 Å². The second-order valence-corrected chi connectivity index (χ2v) is 4.33. The van der Waals surface area contributed by atoms with E-state index in [2.05, 4.69) is 29.8 Å². The first-order chi connectivity index (χ1) is 7.22. The van der Waals surface area contributed by atoms with Gasteiger partial charge in [0.15, 0.2) is 5.69 Å². The van der Waals surface area contributed by atoms with Gasteiger partial charge in [0.25, 0.3) is 0 Å². The van der Waals surface area contributed by atoms with E-state index in [1.165, 1.54) is 6.42 Å². The van der Waals surface area contributed by atoms with Crippen molar-refractivity contribution >= 4 is 5.69 Å². The van der Waals surface area contributed by atoms with Gasteiger partial charge in [-0.15, -0.1) is 0 Å². The molecule has 1 fully saturated rings. The topological polar surface area (TPSA) is 39.9 Å². The van der Waals surface area contributed by atoms with Gasteiger partial charge >= 0.3 is 0 Å². The lowest BCUT2D eigenvalue weighted by Crippen LogP contribution is -2.27. The molecule has 0 aliphatic carbocycles. The van der Waals surface area contributed by atoms with Gasteiger partial charge in [-0.3, -0.25) is 0 Å². The molecule has 15 heavy (non-hydrogen) atoms. The normalized spacial score (nSPS) is 25.3. The highest BCUT2D eigenvalue weighted by Crippen LogP contribution is 2.29. The highest BCUT2D eigenvalue weighted by atomic mass is 15.2. The standard InChI is InChI=1S/C12H15N3/c1-9-6-10(2)15(8-9)12-4-3-5-14-11(12)7-13/h3-5,9-10H,6,8H2,1-2H3. The van der Waals surface area contributed by atoms with Crippen LogP contribution in [0, 0.1) is 17.2 Å². The summed E-state index contributed by atoms with van der Waals surface area (Å²) in [7, 11) is 0. The maximum absolute atomic E-state index is 8.99. The average molecular weight is 201 g/mol. The van der Waals surface area contributed by atoms with Crippen molar-refractivity contribution in [3.05, 3.63) is 24.0 Å². The van der Waals surface area contributed by atoms with E-state index in [0.717, 1.165) is 12.2 Å². The molecule has 0 amide bonds. The zero-order valence-electron chi connectivity index (χ0n) is 9.14. The van der Waals surface area contributed by atoms with Gasteiger partial charge < -0.3 is 4.90 Å². The summed E-state index contributed by atoms with van der Waals surface area (Å²) in [5.41, 5.74) is 1.52. The summed E-state index contributed by atoms with van der Waals surface area (Å²) < 4.78 is 0. The van der Waals surface area contributed by atoms with Crippen LogP contribution in [0.15, 0.2) is 18.3 Å². The molecular weight excluding hydrogens is 186 g/mol. The van der Waals surface area contributed by atoms with E-state index in [-0.39, 0.29) is 0 Å². The van der Waals surface area contributed by atoms with Crippen molar-refractivity contribution in [1.29, 1.82) is 5.26 Å². The SMILES string of the molecule is CC1CC(C)N(c2cccnc2C#N)C1. The van der Waals surface area contributed by atoms with Crippen LogP contribution >= 0.6 is 0 Å². The van der Waals surface area contributed by atoms with Crippen molar-refractivity contribution in [2.45, 2.75) is 26.3 Å². The van der Waals surface area contributed by atoms with Gasteiger partial charge in [-0.25, -0.2) is 4.98 Å². The fourth-order valence-corrected chi connectivity index (χ4v) is 2.35. The highest BCUT2D eigenvalue weighted by molar-refractivity contribution is 5.57. The molecule has 0 bridgehead atoms. The predicted molar refractivity (Wildman–Crippen MR) is 59.5 cm³/mol. The molecule has 1 aromatic heterocycles. The van der Waals surface area contributed by atoms with Gasteiger partial charge in [0, 0.05) is 18.8 Å². The molecule has 0 saturated carbocycles. The van der Waals surface area contributed by atoms with E-state index < -0.39 is 0 Å². The largest absolute Gasteiger partial charge is 0.366 e. The number of hydrogen-bond acceptors (Lipinski definition) is 3. The number of pyridine rings is 1. The number of nitriles is 1. The minimum absolute atomic E-state index is 0.510. The summed E-state index contributed by atoms with van der Waals surface area (Å²) in [5.74, 6) is 0.701. The Hall–Kier alpha value is -1.56. The Morgan fingerprint density at radius 2 is 2.33 bits per heavy atom. The third kappa shape index (κ3) is 1.80. The summed E-state index contributed by atoms with van der Waals surface area (Å²) in [6.45, 7) is 5.48. The molecule has 3 heteroatoms. The highest BCUT2D eigenvalue weighted by Gasteiger charge is 2.27. The Balaban J connectivity index is 2.34. The Kier molecular flexibility index (Phi) is 2.59. The Morgan fingerprint density at radius 1 is 1.53 bits per heavy atom. The molecule has 0 N–H and O–H groups in total. The molecule has 1 aliphatic rings. The van der Waals surface area contributed by atoms with E-state index in [1.54, 1.807) is 6.20 Å². The Labute approximate surface area is 90.4 Å². The molecule has 2 heterocycles. The van der Waals surface area contributed by atoms with Crippen LogP contribution in [0.4, 0.5) is 5.69 Å². The third-order valence-electron chi connectivity index (χ3n) is 2.99. The lowest BCUT2D eigenvalue weighted by Gasteiger charge is -2.24. The molecule has 2 unspecified atom stereocenters. The van der Waals surface area contributed by atoms with Crippen molar-refractivity contribution in [3.8, 4) is 6.07 Å². The van der Waals surface area contributed by atoms with E-state index >= 15 is 0 Å². The maximum atomic E-state index is 8.99. The molecule has 2 atom stereocenters. The van der Waals surface area contributed by atoms with Crippen molar-refractivity contribution in [3.63, 3.8) is 0 Å². The summed E-state index contributed by atoms with van der Waals surface area (Å²) in [4.78, 5) is 6.39. The molecule has 3 nitrogen and oxygen atoms in total. The van der Waals surface area contributed by atoms with Gasteiger partial charge in [-0.05, 0) is 31.4 Å². The first-order valence-electron chi connectivity index (χ1n) is 5.34. The quantitative estimate of drug-likeness (QED) is 0.699.